The predicted molar refractivity (Wildman–Crippen MR) is 66.3 cm³/mol. The second kappa shape index (κ2) is 6.81. The van der Waals surface area contributed by atoms with Crippen LogP contribution in [-0.4, -0.2) is 31.3 Å². The Morgan fingerprint density at radius 1 is 1.47 bits per heavy atom. The van der Waals surface area contributed by atoms with Gasteiger partial charge in [0, 0.05) is 29.3 Å². The first-order chi connectivity index (χ1) is 8.06. The lowest BCUT2D eigenvalue weighted by Crippen LogP contribution is -2.31. The van der Waals surface area contributed by atoms with Crippen LogP contribution in [0, 0.1) is 0 Å². The van der Waals surface area contributed by atoms with Crippen molar-refractivity contribution in [3.8, 4) is 0 Å². The first-order valence-corrected chi connectivity index (χ1v) is 5.69. The summed E-state index contributed by atoms with van der Waals surface area (Å²) in [5, 5.41) is 13.1. The number of hydrogen-bond donors (Lipinski definition) is 2. The maximum atomic E-state index is 11.1. The van der Waals surface area contributed by atoms with Gasteiger partial charge in [0.25, 0.3) is 0 Å². The zero-order valence-corrected chi connectivity index (χ0v) is 10.8. The molecule has 0 aliphatic carbocycles. The quantitative estimate of drug-likeness (QED) is 0.863. The molecule has 94 valence electrons. The lowest BCUT2D eigenvalue weighted by atomic mass is 10.1. The van der Waals surface area contributed by atoms with Crippen LogP contribution in [0.5, 0.6) is 0 Å². The summed E-state index contributed by atoms with van der Waals surface area (Å²) in [6.45, 7) is -0.0192. The third kappa shape index (κ3) is 4.16. The molecule has 0 saturated heterocycles. The summed E-state index contributed by atoms with van der Waals surface area (Å²) in [5.41, 5.74) is 0.411. The lowest BCUT2D eigenvalue weighted by molar-refractivity contribution is -0.125. The van der Waals surface area contributed by atoms with Gasteiger partial charge in [0.1, 0.15) is 6.61 Å². The maximum Gasteiger partial charge on any atom is 0.246 e. The molecule has 1 aromatic rings. The van der Waals surface area contributed by atoms with Gasteiger partial charge in [-0.25, -0.2) is 0 Å². The zero-order valence-electron chi connectivity index (χ0n) is 9.24. The Bertz CT molecular complexity index is 378. The summed E-state index contributed by atoms with van der Waals surface area (Å²) in [6, 6.07) is 4.94. The van der Waals surface area contributed by atoms with E-state index in [-0.39, 0.29) is 19.1 Å². The van der Waals surface area contributed by atoms with Gasteiger partial charge in [-0.1, -0.05) is 29.3 Å². The fourth-order valence-corrected chi connectivity index (χ4v) is 1.97. The van der Waals surface area contributed by atoms with Gasteiger partial charge in [0.15, 0.2) is 0 Å². The lowest BCUT2D eigenvalue weighted by Gasteiger charge is -2.15. The SMILES string of the molecule is COCC(=O)NC[C@H](O)c1c(Cl)cccc1Cl. The topological polar surface area (TPSA) is 58.6 Å². The molecular formula is C11H13Cl2NO3. The van der Waals surface area contributed by atoms with E-state index in [1.54, 1.807) is 18.2 Å². The Kier molecular flexibility index (Phi) is 5.71. The van der Waals surface area contributed by atoms with E-state index in [9.17, 15) is 9.90 Å². The first kappa shape index (κ1) is 14.3. The van der Waals surface area contributed by atoms with Crippen LogP contribution < -0.4 is 5.32 Å². The summed E-state index contributed by atoms with van der Waals surface area (Å²) in [4.78, 5) is 11.1. The monoisotopic (exact) mass is 277 g/mol. The Hall–Kier alpha value is -0.810. The molecule has 0 saturated carbocycles. The number of aliphatic hydroxyl groups is 1. The van der Waals surface area contributed by atoms with Gasteiger partial charge >= 0.3 is 0 Å². The molecular weight excluding hydrogens is 265 g/mol. The number of hydrogen-bond acceptors (Lipinski definition) is 3. The average molecular weight is 278 g/mol. The van der Waals surface area contributed by atoms with Crippen LogP contribution >= 0.6 is 23.2 Å². The second-order valence-electron chi connectivity index (χ2n) is 3.39. The molecule has 0 heterocycles. The largest absolute Gasteiger partial charge is 0.386 e. The van der Waals surface area contributed by atoms with E-state index >= 15 is 0 Å². The molecule has 1 amide bonds. The Morgan fingerprint density at radius 3 is 2.59 bits per heavy atom. The molecule has 0 aliphatic heterocycles. The van der Waals surface area contributed by atoms with Crippen molar-refractivity contribution in [1.29, 1.82) is 0 Å². The van der Waals surface area contributed by atoms with E-state index in [0.29, 0.717) is 15.6 Å². The average Bonchev–Trinajstić information content (AvgIpc) is 2.26. The molecule has 0 spiro atoms. The molecule has 2 N–H and O–H groups in total. The van der Waals surface area contributed by atoms with Crippen molar-refractivity contribution in [2.75, 3.05) is 20.3 Å². The maximum absolute atomic E-state index is 11.1. The summed E-state index contributed by atoms with van der Waals surface area (Å²) < 4.78 is 4.64. The van der Waals surface area contributed by atoms with E-state index in [4.69, 9.17) is 23.2 Å². The van der Waals surface area contributed by atoms with Gasteiger partial charge in [-0.15, -0.1) is 0 Å². The predicted octanol–water partition coefficient (Wildman–Crippen LogP) is 1.79. The van der Waals surface area contributed by atoms with Crippen molar-refractivity contribution in [3.63, 3.8) is 0 Å². The van der Waals surface area contributed by atoms with Crippen LogP contribution in [0.15, 0.2) is 18.2 Å². The van der Waals surface area contributed by atoms with Gasteiger partial charge in [-0.05, 0) is 12.1 Å². The molecule has 0 bridgehead atoms. The minimum absolute atomic E-state index is 0.0334. The Morgan fingerprint density at radius 2 is 2.06 bits per heavy atom. The molecule has 0 fully saturated rings. The highest BCUT2D eigenvalue weighted by Gasteiger charge is 2.15. The van der Waals surface area contributed by atoms with Crippen molar-refractivity contribution < 1.29 is 14.6 Å². The van der Waals surface area contributed by atoms with E-state index in [1.807, 2.05) is 0 Å². The standard InChI is InChI=1S/C11H13Cl2NO3/c1-17-6-10(16)14-5-9(15)11-7(12)3-2-4-8(11)13/h2-4,9,15H,5-6H2,1H3,(H,14,16)/t9-/m0/s1. The summed E-state index contributed by atoms with van der Waals surface area (Å²) in [6.07, 6.45) is -0.947. The summed E-state index contributed by atoms with van der Waals surface area (Å²) in [5.74, 6) is -0.310. The molecule has 1 rings (SSSR count). The molecule has 0 radical (unpaired) electrons. The number of methoxy groups -OCH3 is 1. The smallest absolute Gasteiger partial charge is 0.246 e. The van der Waals surface area contributed by atoms with Gasteiger partial charge in [0.05, 0.1) is 6.10 Å². The molecule has 1 atom stereocenters. The van der Waals surface area contributed by atoms with E-state index in [1.165, 1.54) is 7.11 Å². The number of carbonyl (C=O) groups excluding carboxylic acids is 1. The number of amides is 1. The highest BCUT2D eigenvalue weighted by Crippen LogP contribution is 2.29. The summed E-state index contributed by atoms with van der Waals surface area (Å²) in [7, 11) is 1.42. The van der Waals surface area contributed by atoms with Gasteiger partial charge in [-0.2, -0.15) is 0 Å². The molecule has 6 heteroatoms. The molecule has 0 aliphatic rings. The molecule has 4 nitrogen and oxygen atoms in total. The second-order valence-corrected chi connectivity index (χ2v) is 4.20. The van der Waals surface area contributed by atoms with E-state index in [0.717, 1.165) is 0 Å². The Balaban J connectivity index is 2.64. The highest BCUT2D eigenvalue weighted by atomic mass is 35.5. The number of ether oxygens (including phenoxy) is 1. The third-order valence-electron chi connectivity index (χ3n) is 2.10. The van der Waals surface area contributed by atoms with Crippen LogP contribution in [0.2, 0.25) is 10.0 Å². The highest BCUT2D eigenvalue weighted by molar-refractivity contribution is 6.36. The number of benzene rings is 1. The number of nitrogens with one attached hydrogen (secondary N) is 1. The van der Waals surface area contributed by atoms with Crippen molar-refractivity contribution in [1.82, 2.24) is 5.32 Å². The molecule has 17 heavy (non-hydrogen) atoms. The van der Waals surface area contributed by atoms with Crippen LogP contribution in [0.1, 0.15) is 11.7 Å². The van der Waals surface area contributed by atoms with Gasteiger partial charge < -0.3 is 15.2 Å². The van der Waals surface area contributed by atoms with Crippen molar-refractivity contribution >= 4 is 29.1 Å². The number of carbonyl (C=O) groups is 1. The van der Waals surface area contributed by atoms with E-state index in [2.05, 4.69) is 10.1 Å². The normalized spacial score (nSPS) is 12.2. The minimum Gasteiger partial charge on any atom is -0.386 e. The van der Waals surface area contributed by atoms with Gasteiger partial charge in [0.2, 0.25) is 5.91 Å². The van der Waals surface area contributed by atoms with Crippen molar-refractivity contribution in [3.05, 3.63) is 33.8 Å². The molecule has 0 aromatic heterocycles. The van der Waals surface area contributed by atoms with Crippen molar-refractivity contribution in [2.45, 2.75) is 6.10 Å². The number of rotatable bonds is 5. The fourth-order valence-electron chi connectivity index (χ4n) is 1.32. The fraction of sp³-hybridized carbons (Fsp3) is 0.364. The Labute approximate surface area is 109 Å². The number of aliphatic hydroxyl groups excluding tert-OH is 1. The van der Waals surface area contributed by atoms with Crippen LogP contribution in [0.4, 0.5) is 0 Å². The summed E-state index contributed by atoms with van der Waals surface area (Å²) >= 11 is 11.8. The number of halogens is 2. The van der Waals surface area contributed by atoms with Crippen LogP contribution in [0.25, 0.3) is 0 Å². The van der Waals surface area contributed by atoms with Crippen LogP contribution in [0.3, 0.4) is 0 Å². The zero-order chi connectivity index (χ0) is 12.8. The van der Waals surface area contributed by atoms with Crippen LogP contribution in [-0.2, 0) is 9.53 Å². The molecule has 1 aromatic carbocycles. The first-order valence-electron chi connectivity index (χ1n) is 4.94. The van der Waals surface area contributed by atoms with E-state index < -0.39 is 6.10 Å². The third-order valence-corrected chi connectivity index (χ3v) is 2.76. The van der Waals surface area contributed by atoms with Crippen molar-refractivity contribution in [2.24, 2.45) is 0 Å². The molecule has 0 unspecified atom stereocenters. The minimum atomic E-state index is -0.947. The van der Waals surface area contributed by atoms with Gasteiger partial charge in [-0.3, -0.25) is 4.79 Å².